The molecule has 0 atom stereocenters. The quantitative estimate of drug-likeness (QED) is 0.383. The van der Waals surface area contributed by atoms with Crippen LogP contribution in [0.4, 0.5) is 0 Å². The molecule has 2 aromatic carbocycles. The van der Waals surface area contributed by atoms with Gasteiger partial charge in [0.15, 0.2) is 0 Å². The zero-order chi connectivity index (χ0) is 20.2. The molecule has 6 heteroatoms. The summed E-state index contributed by atoms with van der Waals surface area (Å²) in [5.74, 6) is 0. The fraction of sp³-hybridized carbons (Fsp3) is 0.0833. The second-order valence-electron chi connectivity index (χ2n) is 7.00. The van der Waals surface area contributed by atoms with Gasteiger partial charge in [-0.15, -0.1) is 11.3 Å². The molecule has 0 saturated carbocycles. The van der Waals surface area contributed by atoms with Crippen molar-refractivity contribution < 1.29 is 0 Å². The van der Waals surface area contributed by atoms with Crippen molar-refractivity contribution in [1.82, 2.24) is 25.3 Å². The molecule has 5 rings (SSSR count). The SMILES string of the molecule is c1ccc(-c2nn(-c3ccccc3)cc2CNCc2cn[nH]c2-c2cccs2)cc1. The highest BCUT2D eigenvalue weighted by molar-refractivity contribution is 7.13. The van der Waals surface area contributed by atoms with Crippen molar-refractivity contribution in [2.45, 2.75) is 13.1 Å². The molecule has 3 aromatic heterocycles. The van der Waals surface area contributed by atoms with Gasteiger partial charge in [-0.3, -0.25) is 5.10 Å². The predicted molar refractivity (Wildman–Crippen MR) is 121 cm³/mol. The molecule has 0 fully saturated rings. The highest BCUT2D eigenvalue weighted by Gasteiger charge is 2.13. The number of H-pyrrole nitrogens is 1. The van der Waals surface area contributed by atoms with Crippen LogP contribution < -0.4 is 5.32 Å². The molecule has 30 heavy (non-hydrogen) atoms. The molecule has 0 bridgehead atoms. The Morgan fingerprint density at radius 2 is 1.63 bits per heavy atom. The number of aromatic amines is 1. The minimum atomic E-state index is 0.714. The second-order valence-corrected chi connectivity index (χ2v) is 7.95. The molecule has 0 aliphatic rings. The monoisotopic (exact) mass is 411 g/mol. The van der Waals surface area contributed by atoms with E-state index < -0.39 is 0 Å². The van der Waals surface area contributed by atoms with Gasteiger partial charge in [0.2, 0.25) is 0 Å². The minimum Gasteiger partial charge on any atom is -0.308 e. The fourth-order valence-electron chi connectivity index (χ4n) is 3.50. The average molecular weight is 412 g/mol. The lowest BCUT2D eigenvalue weighted by Crippen LogP contribution is -2.13. The molecule has 0 aliphatic carbocycles. The van der Waals surface area contributed by atoms with Gasteiger partial charge in [0, 0.05) is 36.0 Å². The topological polar surface area (TPSA) is 58.5 Å². The van der Waals surface area contributed by atoms with Crippen LogP contribution in [0.25, 0.3) is 27.5 Å². The Labute approximate surface area is 179 Å². The fourth-order valence-corrected chi connectivity index (χ4v) is 4.26. The van der Waals surface area contributed by atoms with Crippen molar-refractivity contribution in [3.05, 3.63) is 102 Å². The first-order valence-corrected chi connectivity index (χ1v) is 10.7. The van der Waals surface area contributed by atoms with Gasteiger partial charge in [-0.1, -0.05) is 54.6 Å². The van der Waals surface area contributed by atoms with E-state index in [1.807, 2.05) is 47.3 Å². The molecular weight excluding hydrogens is 390 g/mol. The lowest BCUT2D eigenvalue weighted by Gasteiger charge is -2.05. The van der Waals surface area contributed by atoms with Gasteiger partial charge in [-0.05, 0) is 23.6 Å². The number of thiophene rings is 1. The Balaban J connectivity index is 1.39. The van der Waals surface area contributed by atoms with E-state index in [0.29, 0.717) is 6.54 Å². The lowest BCUT2D eigenvalue weighted by atomic mass is 10.1. The van der Waals surface area contributed by atoms with Crippen LogP contribution in [0.2, 0.25) is 0 Å². The van der Waals surface area contributed by atoms with Crippen LogP contribution >= 0.6 is 11.3 Å². The number of nitrogens with zero attached hydrogens (tertiary/aromatic N) is 3. The maximum absolute atomic E-state index is 4.88. The Bertz CT molecular complexity index is 1210. The van der Waals surface area contributed by atoms with Crippen LogP contribution in [0.3, 0.4) is 0 Å². The molecule has 5 nitrogen and oxygen atoms in total. The molecule has 2 N–H and O–H groups in total. The third kappa shape index (κ3) is 3.83. The summed E-state index contributed by atoms with van der Waals surface area (Å²) < 4.78 is 1.95. The summed E-state index contributed by atoms with van der Waals surface area (Å²) in [6.45, 7) is 1.45. The zero-order valence-electron chi connectivity index (χ0n) is 16.3. The van der Waals surface area contributed by atoms with Crippen molar-refractivity contribution in [3.8, 4) is 27.5 Å². The van der Waals surface area contributed by atoms with Gasteiger partial charge in [-0.2, -0.15) is 10.2 Å². The molecule has 0 amide bonds. The number of para-hydroxylation sites is 1. The van der Waals surface area contributed by atoms with Crippen LogP contribution in [0.1, 0.15) is 11.1 Å². The molecule has 0 saturated heterocycles. The second kappa shape index (κ2) is 8.49. The first-order valence-electron chi connectivity index (χ1n) is 9.85. The smallest absolute Gasteiger partial charge is 0.0972 e. The molecule has 0 unspecified atom stereocenters. The molecular formula is C24H21N5S. The number of aromatic nitrogens is 4. The Morgan fingerprint density at radius 3 is 2.40 bits per heavy atom. The van der Waals surface area contributed by atoms with Gasteiger partial charge < -0.3 is 5.32 Å². The van der Waals surface area contributed by atoms with E-state index in [1.54, 1.807) is 11.3 Å². The summed E-state index contributed by atoms with van der Waals surface area (Å²) in [5.41, 5.74) is 6.57. The first-order chi connectivity index (χ1) is 14.9. The number of benzene rings is 2. The van der Waals surface area contributed by atoms with Crippen LogP contribution in [0.5, 0.6) is 0 Å². The normalized spacial score (nSPS) is 11.1. The summed E-state index contributed by atoms with van der Waals surface area (Å²) in [7, 11) is 0. The van der Waals surface area contributed by atoms with Crippen molar-refractivity contribution in [1.29, 1.82) is 0 Å². The summed E-state index contributed by atoms with van der Waals surface area (Å²) >= 11 is 1.71. The number of hydrogen-bond acceptors (Lipinski definition) is 4. The van der Waals surface area contributed by atoms with Crippen molar-refractivity contribution in [3.63, 3.8) is 0 Å². The predicted octanol–water partition coefficient (Wildman–Crippen LogP) is 5.28. The molecule has 3 heterocycles. The number of hydrogen-bond donors (Lipinski definition) is 2. The molecule has 5 aromatic rings. The van der Waals surface area contributed by atoms with E-state index in [-0.39, 0.29) is 0 Å². The molecule has 0 aliphatic heterocycles. The minimum absolute atomic E-state index is 0.714. The highest BCUT2D eigenvalue weighted by Crippen LogP contribution is 2.26. The van der Waals surface area contributed by atoms with Gasteiger partial charge in [0.1, 0.15) is 0 Å². The van der Waals surface area contributed by atoms with Crippen molar-refractivity contribution in [2.24, 2.45) is 0 Å². The average Bonchev–Trinajstić information content (AvgIpc) is 3.56. The highest BCUT2D eigenvalue weighted by atomic mass is 32.1. The van der Waals surface area contributed by atoms with E-state index in [2.05, 4.69) is 63.5 Å². The van der Waals surface area contributed by atoms with E-state index in [1.165, 1.54) is 4.88 Å². The van der Waals surface area contributed by atoms with Gasteiger partial charge in [-0.25, -0.2) is 4.68 Å². The summed E-state index contributed by atoms with van der Waals surface area (Å²) in [4.78, 5) is 1.20. The van der Waals surface area contributed by atoms with Crippen molar-refractivity contribution >= 4 is 11.3 Å². The van der Waals surface area contributed by atoms with Gasteiger partial charge in [0.25, 0.3) is 0 Å². The first kappa shape index (κ1) is 18.5. The van der Waals surface area contributed by atoms with Crippen molar-refractivity contribution in [2.75, 3.05) is 0 Å². The van der Waals surface area contributed by atoms with Crippen LogP contribution in [-0.2, 0) is 13.1 Å². The van der Waals surface area contributed by atoms with E-state index in [9.17, 15) is 0 Å². The van der Waals surface area contributed by atoms with Crippen LogP contribution in [-0.4, -0.2) is 20.0 Å². The maximum atomic E-state index is 4.88. The van der Waals surface area contributed by atoms with E-state index in [0.717, 1.165) is 40.3 Å². The number of rotatable bonds is 7. The molecule has 0 spiro atoms. The van der Waals surface area contributed by atoms with Gasteiger partial charge >= 0.3 is 0 Å². The van der Waals surface area contributed by atoms with Crippen LogP contribution in [0.15, 0.2) is 90.6 Å². The van der Waals surface area contributed by atoms with E-state index >= 15 is 0 Å². The maximum Gasteiger partial charge on any atom is 0.0972 e. The van der Waals surface area contributed by atoms with E-state index in [4.69, 9.17) is 5.10 Å². The Kier molecular flexibility index (Phi) is 5.25. The largest absolute Gasteiger partial charge is 0.308 e. The Morgan fingerprint density at radius 1 is 0.867 bits per heavy atom. The third-order valence-electron chi connectivity index (χ3n) is 4.97. The number of nitrogens with one attached hydrogen (secondary N) is 2. The lowest BCUT2D eigenvalue weighted by molar-refractivity contribution is 0.695. The third-order valence-corrected chi connectivity index (χ3v) is 5.86. The van der Waals surface area contributed by atoms with Gasteiger partial charge in [0.05, 0.1) is 28.1 Å². The standard InChI is InChI=1S/C24H21N5S/c1-3-8-18(9-4-1)23-20(17-29(28-23)21-10-5-2-6-11-21)15-25-14-19-16-26-27-24(19)22-12-7-13-30-22/h1-13,16-17,25H,14-15H2,(H,26,27). The zero-order valence-corrected chi connectivity index (χ0v) is 17.1. The summed E-state index contributed by atoms with van der Waals surface area (Å²) in [6.07, 6.45) is 4.01. The Hall–Kier alpha value is -3.48. The summed E-state index contributed by atoms with van der Waals surface area (Å²) in [6, 6.07) is 24.7. The molecule has 0 radical (unpaired) electrons. The summed E-state index contributed by atoms with van der Waals surface area (Å²) in [5, 5.41) is 17.9. The molecule has 148 valence electrons. The van der Waals surface area contributed by atoms with Crippen LogP contribution in [0, 0.1) is 0 Å².